The van der Waals surface area contributed by atoms with E-state index in [0.717, 1.165) is 23.2 Å². The summed E-state index contributed by atoms with van der Waals surface area (Å²) in [6.07, 6.45) is 0.899. The number of hydrazine groups is 2. The lowest BCUT2D eigenvalue weighted by Gasteiger charge is -2.28. The van der Waals surface area contributed by atoms with Crippen molar-refractivity contribution in [1.29, 1.82) is 0 Å². The van der Waals surface area contributed by atoms with Crippen molar-refractivity contribution >= 4 is 5.69 Å². The van der Waals surface area contributed by atoms with E-state index < -0.39 is 0 Å². The van der Waals surface area contributed by atoms with Gasteiger partial charge < -0.3 is 0 Å². The summed E-state index contributed by atoms with van der Waals surface area (Å²) in [6.45, 7) is 4.02. The Bertz CT molecular complexity index is 687. The third-order valence-corrected chi connectivity index (χ3v) is 4.43. The molecule has 2 unspecified atom stereocenters. The minimum absolute atomic E-state index is 0.0880. The van der Waals surface area contributed by atoms with Gasteiger partial charge in [-0.3, -0.25) is 5.01 Å². The fraction of sp³-hybridized carbons (Fsp3) is 0.333. The number of nitrogens with zero attached hydrogens (tertiary/aromatic N) is 2. The molecule has 1 aliphatic heterocycles. The molecular formula is C18H21F2N3. The van der Waals surface area contributed by atoms with Gasteiger partial charge >= 0.3 is 0 Å². The van der Waals surface area contributed by atoms with Crippen LogP contribution in [0.2, 0.25) is 0 Å². The van der Waals surface area contributed by atoms with Gasteiger partial charge in [0.25, 0.3) is 0 Å². The van der Waals surface area contributed by atoms with Crippen LogP contribution in [0.5, 0.6) is 0 Å². The van der Waals surface area contributed by atoms with Crippen LogP contribution in [-0.4, -0.2) is 18.1 Å². The molecule has 0 radical (unpaired) electrons. The molecule has 2 atom stereocenters. The van der Waals surface area contributed by atoms with E-state index in [2.05, 4.69) is 17.5 Å². The topological polar surface area (TPSA) is 18.5 Å². The van der Waals surface area contributed by atoms with Crippen molar-refractivity contribution in [1.82, 2.24) is 10.5 Å². The third-order valence-electron chi connectivity index (χ3n) is 4.43. The molecule has 0 amide bonds. The first-order valence-electron chi connectivity index (χ1n) is 7.81. The maximum Gasteiger partial charge on any atom is 0.123 e. The Morgan fingerprint density at radius 3 is 2.30 bits per heavy atom. The maximum absolute atomic E-state index is 13.4. The molecule has 2 aromatic carbocycles. The molecule has 1 fully saturated rings. The van der Waals surface area contributed by atoms with Crippen molar-refractivity contribution in [2.75, 3.05) is 12.1 Å². The molecule has 1 N–H and O–H groups in total. The molecule has 0 aliphatic carbocycles. The van der Waals surface area contributed by atoms with Gasteiger partial charge in [-0.25, -0.2) is 13.8 Å². The fourth-order valence-electron chi connectivity index (χ4n) is 3.34. The molecule has 0 saturated carbocycles. The van der Waals surface area contributed by atoms with Gasteiger partial charge in [0.1, 0.15) is 11.6 Å². The normalized spacial score (nSPS) is 21.9. The van der Waals surface area contributed by atoms with Crippen LogP contribution in [0.4, 0.5) is 14.5 Å². The highest BCUT2D eigenvalue weighted by Gasteiger charge is 2.38. The Morgan fingerprint density at radius 2 is 1.70 bits per heavy atom. The lowest BCUT2D eigenvalue weighted by Crippen LogP contribution is -2.40. The van der Waals surface area contributed by atoms with E-state index in [-0.39, 0.29) is 23.7 Å². The highest BCUT2D eigenvalue weighted by molar-refractivity contribution is 5.54. The quantitative estimate of drug-likeness (QED) is 0.924. The Morgan fingerprint density at radius 1 is 1.04 bits per heavy atom. The second-order valence-corrected chi connectivity index (χ2v) is 5.98. The molecule has 1 heterocycles. The summed E-state index contributed by atoms with van der Waals surface area (Å²) in [5, 5.41) is 4.09. The summed E-state index contributed by atoms with van der Waals surface area (Å²) in [4.78, 5) is 0. The molecule has 23 heavy (non-hydrogen) atoms. The summed E-state index contributed by atoms with van der Waals surface area (Å²) >= 11 is 0. The van der Waals surface area contributed by atoms with Gasteiger partial charge in [0.15, 0.2) is 0 Å². The molecule has 2 aromatic rings. The Balaban J connectivity index is 1.96. The van der Waals surface area contributed by atoms with Crippen LogP contribution in [0.1, 0.15) is 30.5 Å². The SMILES string of the molecule is CCC1C(c2ccc(F)cc2)N(C)NN1c1ccc(F)cc1C. The molecule has 0 aromatic heterocycles. The number of hydrogen-bond acceptors (Lipinski definition) is 3. The van der Waals surface area contributed by atoms with Crippen molar-refractivity contribution in [2.24, 2.45) is 0 Å². The number of halogens is 2. The van der Waals surface area contributed by atoms with Gasteiger partial charge in [-0.2, -0.15) is 5.53 Å². The Labute approximate surface area is 135 Å². The number of nitrogens with one attached hydrogen (secondary N) is 1. The number of hydrogen-bond donors (Lipinski definition) is 1. The van der Waals surface area contributed by atoms with Crippen molar-refractivity contribution in [3.63, 3.8) is 0 Å². The van der Waals surface area contributed by atoms with Crippen LogP contribution >= 0.6 is 0 Å². The van der Waals surface area contributed by atoms with Crippen molar-refractivity contribution in [3.8, 4) is 0 Å². The molecule has 5 heteroatoms. The second kappa shape index (κ2) is 6.26. The van der Waals surface area contributed by atoms with E-state index >= 15 is 0 Å². The Hall–Kier alpha value is -1.98. The number of likely N-dealkylation sites (N-methyl/N-ethyl adjacent to an activating group) is 1. The van der Waals surface area contributed by atoms with Gasteiger partial charge in [-0.1, -0.05) is 19.1 Å². The second-order valence-electron chi connectivity index (χ2n) is 5.98. The van der Waals surface area contributed by atoms with Gasteiger partial charge in [0.05, 0.1) is 17.8 Å². The number of anilines is 1. The van der Waals surface area contributed by atoms with Crippen LogP contribution < -0.4 is 10.5 Å². The molecule has 0 spiro atoms. The molecule has 1 aliphatic rings. The van der Waals surface area contributed by atoms with E-state index in [9.17, 15) is 8.78 Å². The summed E-state index contributed by atoms with van der Waals surface area (Å²) in [7, 11) is 1.97. The van der Waals surface area contributed by atoms with Crippen LogP contribution in [0.25, 0.3) is 0 Å². The summed E-state index contributed by atoms with van der Waals surface area (Å²) in [6, 6.07) is 11.7. The summed E-state index contributed by atoms with van der Waals surface area (Å²) in [5.74, 6) is -0.469. The highest BCUT2D eigenvalue weighted by atomic mass is 19.1. The first-order chi connectivity index (χ1) is 11.0. The van der Waals surface area contributed by atoms with Crippen LogP contribution in [0.15, 0.2) is 42.5 Å². The van der Waals surface area contributed by atoms with Crippen molar-refractivity contribution < 1.29 is 8.78 Å². The van der Waals surface area contributed by atoms with E-state index in [1.165, 1.54) is 24.3 Å². The van der Waals surface area contributed by atoms with Gasteiger partial charge in [0.2, 0.25) is 0 Å². The largest absolute Gasteiger partial charge is 0.290 e. The zero-order valence-electron chi connectivity index (χ0n) is 13.6. The predicted molar refractivity (Wildman–Crippen MR) is 87.7 cm³/mol. The van der Waals surface area contributed by atoms with Crippen molar-refractivity contribution in [3.05, 3.63) is 65.2 Å². The van der Waals surface area contributed by atoms with Gasteiger partial charge in [0, 0.05) is 7.05 Å². The van der Waals surface area contributed by atoms with Crippen molar-refractivity contribution in [2.45, 2.75) is 32.4 Å². The summed E-state index contributed by atoms with van der Waals surface area (Å²) in [5.41, 5.74) is 6.23. The molecule has 3 nitrogen and oxygen atoms in total. The van der Waals surface area contributed by atoms with Crippen LogP contribution in [-0.2, 0) is 0 Å². The minimum Gasteiger partial charge on any atom is -0.290 e. The lowest BCUT2D eigenvalue weighted by atomic mass is 9.96. The lowest BCUT2D eigenvalue weighted by molar-refractivity contribution is 0.230. The van der Waals surface area contributed by atoms with Gasteiger partial charge in [-0.15, -0.1) is 0 Å². The van der Waals surface area contributed by atoms with E-state index in [1.807, 2.05) is 31.1 Å². The zero-order chi connectivity index (χ0) is 16.6. The molecular weight excluding hydrogens is 296 g/mol. The first kappa shape index (κ1) is 15.9. The van der Waals surface area contributed by atoms with E-state index in [0.29, 0.717) is 0 Å². The average Bonchev–Trinajstić information content (AvgIpc) is 2.84. The molecule has 0 bridgehead atoms. The number of aryl methyl sites for hydroxylation is 1. The standard InChI is InChI=1S/C18H21F2N3/c1-4-16-18(13-5-7-14(19)8-6-13)22(3)21-23(16)17-10-9-15(20)11-12(17)2/h5-11,16,18,21H,4H2,1-3H3. The fourth-order valence-corrected chi connectivity index (χ4v) is 3.34. The summed E-state index contributed by atoms with van der Waals surface area (Å²) < 4.78 is 26.6. The van der Waals surface area contributed by atoms with Crippen LogP contribution in [0, 0.1) is 18.6 Å². The predicted octanol–water partition coefficient (Wildman–Crippen LogP) is 3.96. The number of rotatable bonds is 3. The molecule has 3 rings (SSSR count). The maximum atomic E-state index is 13.4. The monoisotopic (exact) mass is 317 g/mol. The van der Waals surface area contributed by atoms with Crippen LogP contribution in [0.3, 0.4) is 0 Å². The highest BCUT2D eigenvalue weighted by Crippen LogP contribution is 2.36. The smallest absolute Gasteiger partial charge is 0.123 e. The minimum atomic E-state index is -0.235. The van der Waals surface area contributed by atoms with E-state index in [1.54, 1.807) is 6.07 Å². The zero-order valence-corrected chi connectivity index (χ0v) is 13.6. The molecule has 122 valence electrons. The van der Waals surface area contributed by atoms with E-state index in [4.69, 9.17) is 0 Å². The average molecular weight is 317 g/mol. The molecule has 1 saturated heterocycles. The first-order valence-corrected chi connectivity index (χ1v) is 7.81. The Kier molecular flexibility index (Phi) is 4.33. The number of benzene rings is 2. The third kappa shape index (κ3) is 2.94. The van der Waals surface area contributed by atoms with Gasteiger partial charge in [-0.05, 0) is 54.8 Å².